The van der Waals surface area contributed by atoms with E-state index in [-0.39, 0.29) is 25.9 Å². The summed E-state index contributed by atoms with van der Waals surface area (Å²) in [6, 6.07) is 0. The molecule has 0 fully saturated rings. The number of hydrogen-bond acceptors (Lipinski definition) is 5. The first-order chi connectivity index (χ1) is 8.26. The third-order valence-electron chi connectivity index (χ3n) is 2.35. The van der Waals surface area contributed by atoms with Gasteiger partial charge in [-0.2, -0.15) is 0 Å². The van der Waals surface area contributed by atoms with Crippen LogP contribution in [0.3, 0.4) is 0 Å². The van der Waals surface area contributed by atoms with E-state index in [0.717, 1.165) is 0 Å². The molecule has 0 heterocycles. The zero-order valence-corrected chi connectivity index (χ0v) is 11.0. The van der Waals surface area contributed by atoms with Crippen molar-refractivity contribution in [2.24, 2.45) is 0 Å². The second kappa shape index (κ2) is 7.68. The monoisotopic (exact) mass is 260 g/mol. The molecule has 6 heteroatoms. The Labute approximate surface area is 106 Å². The van der Waals surface area contributed by atoms with Crippen LogP contribution in [-0.4, -0.2) is 35.2 Å². The van der Waals surface area contributed by atoms with E-state index in [1.54, 1.807) is 13.8 Å². The molecule has 0 bridgehead atoms. The lowest BCUT2D eigenvalue weighted by Crippen LogP contribution is -2.27. The van der Waals surface area contributed by atoms with E-state index >= 15 is 0 Å². The predicted molar refractivity (Wildman–Crippen MR) is 62.9 cm³/mol. The van der Waals surface area contributed by atoms with E-state index in [9.17, 15) is 14.4 Å². The average Bonchev–Trinajstić information content (AvgIpc) is 2.25. The Morgan fingerprint density at radius 2 is 1.67 bits per heavy atom. The van der Waals surface area contributed by atoms with Crippen LogP contribution < -0.4 is 0 Å². The second-order valence-corrected chi connectivity index (χ2v) is 4.45. The van der Waals surface area contributed by atoms with Gasteiger partial charge in [-0.25, -0.2) is 0 Å². The van der Waals surface area contributed by atoms with Crippen molar-refractivity contribution in [2.75, 3.05) is 6.61 Å². The molecule has 104 valence electrons. The summed E-state index contributed by atoms with van der Waals surface area (Å²) in [5.74, 6) is -2.12. The predicted octanol–water partition coefficient (Wildman–Crippen LogP) is 1.52. The molecule has 0 saturated carbocycles. The molecule has 0 aromatic rings. The van der Waals surface area contributed by atoms with Gasteiger partial charge in [0, 0.05) is 0 Å². The van der Waals surface area contributed by atoms with Crippen LogP contribution in [0.25, 0.3) is 0 Å². The minimum atomic E-state index is -1.06. The first kappa shape index (κ1) is 16.4. The number of carboxylic acids is 1. The van der Waals surface area contributed by atoms with E-state index in [0.29, 0.717) is 6.42 Å². The second-order valence-electron chi connectivity index (χ2n) is 4.45. The van der Waals surface area contributed by atoms with Crippen molar-refractivity contribution in [2.45, 2.75) is 52.1 Å². The lowest BCUT2D eigenvalue weighted by molar-refractivity contribution is -0.159. The van der Waals surface area contributed by atoms with Crippen LogP contribution in [0.1, 0.15) is 46.5 Å². The van der Waals surface area contributed by atoms with Crippen molar-refractivity contribution in [3.8, 4) is 0 Å². The number of esters is 2. The average molecular weight is 260 g/mol. The van der Waals surface area contributed by atoms with Gasteiger partial charge < -0.3 is 14.6 Å². The van der Waals surface area contributed by atoms with Gasteiger partial charge in [0.05, 0.1) is 19.3 Å². The Bertz CT molecular complexity index is 308. The zero-order chi connectivity index (χ0) is 14.2. The third kappa shape index (κ3) is 8.55. The molecular formula is C12H20O6. The third-order valence-corrected chi connectivity index (χ3v) is 2.35. The number of carbonyl (C=O) groups is 3. The molecule has 0 spiro atoms. The Hall–Kier alpha value is -1.59. The standard InChI is InChI=1S/C12H20O6/c1-4-12(2,3)18-11(16)7-8-17-10(15)6-5-9(13)14/h4-8H2,1-3H3,(H,13,14). The van der Waals surface area contributed by atoms with Crippen molar-refractivity contribution in [1.82, 2.24) is 0 Å². The van der Waals surface area contributed by atoms with Crippen LogP contribution in [0, 0.1) is 0 Å². The highest BCUT2D eigenvalue weighted by atomic mass is 16.6. The molecule has 6 nitrogen and oxygen atoms in total. The molecule has 1 N–H and O–H groups in total. The lowest BCUT2D eigenvalue weighted by atomic mass is 10.1. The lowest BCUT2D eigenvalue weighted by Gasteiger charge is -2.23. The minimum absolute atomic E-state index is 0.0256. The highest BCUT2D eigenvalue weighted by Gasteiger charge is 2.20. The molecule has 0 saturated heterocycles. The Morgan fingerprint density at radius 1 is 1.06 bits per heavy atom. The summed E-state index contributed by atoms with van der Waals surface area (Å²) in [5.41, 5.74) is -0.523. The maximum atomic E-state index is 11.4. The summed E-state index contributed by atoms with van der Waals surface area (Å²) in [4.78, 5) is 32.6. The number of hydrogen-bond donors (Lipinski definition) is 1. The molecule has 0 unspecified atom stereocenters. The number of rotatable bonds is 8. The molecule has 0 aromatic heterocycles. The van der Waals surface area contributed by atoms with Crippen LogP contribution in [0.2, 0.25) is 0 Å². The van der Waals surface area contributed by atoms with E-state index in [1.165, 1.54) is 0 Å². The van der Waals surface area contributed by atoms with Crippen molar-refractivity contribution in [3.05, 3.63) is 0 Å². The number of carboxylic acid groups (broad SMARTS) is 1. The molecule has 0 rings (SSSR count). The molecule has 0 atom stereocenters. The number of carbonyl (C=O) groups excluding carboxylic acids is 2. The fourth-order valence-corrected chi connectivity index (χ4v) is 0.961. The Kier molecular flexibility index (Phi) is 7.00. The van der Waals surface area contributed by atoms with E-state index in [1.807, 2.05) is 6.92 Å². The van der Waals surface area contributed by atoms with Crippen molar-refractivity contribution in [1.29, 1.82) is 0 Å². The molecule has 0 aliphatic carbocycles. The molecule has 0 aliphatic heterocycles. The van der Waals surface area contributed by atoms with Gasteiger partial charge in [-0.15, -0.1) is 0 Å². The smallest absolute Gasteiger partial charge is 0.309 e. The van der Waals surface area contributed by atoms with Gasteiger partial charge in [0.15, 0.2) is 0 Å². The fourth-order valence-electron chi connectivity index (χ4n) is 0.961. The van der Waals surface area contributed by atoms with Gasteiger partial charge in [0.1, 0.15) is 12.2 Å². The molecule has 0 radical (unpaired) electrons. The Balaban J connectivity index is 3.75. The molecule has 0 aliphatic rings. The maximum Gasteiger partial charge on any atom is 0.309 e. The molecule has 18 heavy (non-hydrogen) atoms. The minimum Gasteiger partial charge on any atom is -0.481 e. The molecule has 0 amide bonds. The van der Waals surface area contributed by atoms with Crippen molar-refractivity contribution >= 4 is 17.9 Å². The normalized spacial score (nSPS) is 10.8. The number of ether oxygens (including phenoxy) is 2. The first-order valence-electron chi connectivity index (χ1n) is 5.86. The van der Waals surface area contributed by atoms with Gasteiger partial charge in [0.2, 0.25) is 0 Å². The summed E-state index contributed by atoms with van der Waals surface area (Å²) in [6.45, 7) is 5.41. The Morgan fingerprint density at radius 3 is 2.17 bits per heavy atom. The SMILES string of the molecule is CCC(C)(C)OC(=O)CCOC(=O)CCC(=O)O. The van der Waals surface area contributed by atoms with Gasteiger partial charge in [-0.3, -0.25) is 14.4 Å². The van der Waals surface area contributed by atoms with Crippen LogP contribution in [0.5, 0.6) is 0 Å². The molecule has 0 aromatic carbocycles. The summed E-state index contributed by atoms with van der Waals surface area (Å²) >= 11 is 0. The maximum absolute atomic E-state index is 11.4. The van der Waals surface area contributed by atoms with Crippen LogP contribution in [0.15, 0.2) is 0 Å². The van der Waals surface area contributed by atoms with Crippen LogP contribution in [0.4, 0.5) is 0 Å². The highest BCUT2D eigenvalue weighted by Crippen LogP contribution is 2.14. The largest absolute Gasteiger partial charge is 0.481 e. The van der Waals surface area contributed by atoms with Gasteiger partial charge >= 0.3 is 17.9 Å². The summed E-state index contributed by atoms with van der Waals surface area (Å²) in [6.07, 6.45) is 0.205. The van der Waals surface area contributed by atoms with E-state index < -0.39 is 23.5 Å². The summed E-state index contributed by atoms with van der Waals surface area (Å²) in [7, 11) is 0. The van der Waals surface area contributed by atoms with E-state index in [2.05, 4.69) is 0 Å². The van der Waals surface area contributed by atoms with Crippen molar-refractivity contribution in [3.63, 3.8) is 0 Å². The zero-order valence-electron chi connectivity index (χ0n) is 11.0. The van der Waals surface area contributed by atoms with Crippen molar-refractivity contribution < 1.29 is 29.0 Å². The van der Waals surface area contributed by atoms with Gasteiger partial charge in [-0.1, -0.05) is 6.92 Å². The van der Waals surface area contributed by atoms with Gasteiger partial charge in [0.25, 0.3) is 0 Å². The van der Waals surface area contributed by atoms with Gasteiger partial charge in [-0.05, 0) is 20.3 Å². The quantitative estimate of drug-likeness (QED) is 0.665. The molecular weight excluding hydrogens is 240 g/mol. The summed E-state index contributed by atoms with van der Waals surface area (Å²) < 4.78 is 9.85. The number of aliphatic carboxylic acids is 1. The highest BCUT2D eigenvalue weighted by molar-refractivity contribution is 5.77. The fraction of sp³-hybridized carbons (Fsp3) is 0.750. The van der Waals surface area contributed by atoms with Crippen LogP contribution in [-0.2, 0) is 23.9 Å². The summed E-state index contributed by atoms with van der Waals surface area (Å²) in [5, 5.41) is 8.35. The first-order valence-corrected chi connectivity index (χ1v) is 5.86. The van der Waals surface area contributed by atoms with E-state index in [4.69, 9.17) is 14.6 Å². The topological polar surface area (TPSA) is 89.9 Å². The van der Waals surface area contributed by atoms with Crippen LogP contribution >= 0.6 is 0 Å².